The SMILES string of the molecule is CC(CN(CCCN)C(C)C)C(N)=O. The van der Waals surface area contributed by atoms with Gasteiger partial charge in [0.05, 0.1) is 0 Å². The van der Waals surface area contributed by atoms with Crippen molar-refractivity contribution in [2.45, 2.75) is 33.2 Å². The van der Waals surface area contributed by atoms with Crippen LogP contribution in [0.3, 0.4) is 0 Å². The van der Waals surface area contributed by atoms with Crippen LogP contribution in [0.2, 0.25) is 0 Å². The number of carbonyl (C=O) groups is 1. The first-order chi connectivity index (χ1) is 6.49. The molecule has 4 heteroatoms. The van der Waals surface area contributed by atoms with Crippen LogP contribution in [-0.4, -0.2) is 36.5 Å². The minimum absolute atomic E-state index is 0.0878. The van der Waals surface area contributed by atoms with Gasteiger partial charge in [-0.2, -0.15) is 0 Å². The Morgan fingerprint density at radius 2 is 1.93 bits per heavy atom. The third kappa shape index (κ3) is 5.19. The lowest BCUT2D eigenvalue weighted by Gasteiger charge is -2.28. The van der Waals surface area contributed by atoms with E-state index >= 15 is 0 Å². The fraction of sp³-hybridized carbons (Fsp3) is 0.900. The molecular weight excluding hydrogens is 178 g/mol. The molecule has 0 saturated heterocycles. The summed E-state index contributed by atoms with van der Waals surface area (Å²) < 4.78 is 0. The molecule has 0 fully saturated rings. The second-order valence-corrected chi connectivity index (χ2v) is 4.03. The van der Waals surface area contributed by atoms with Crippen molar-refractivity contribution >= 4 is 5.91 Å². The van der Waals surface area contributed by atoms with Crippen LogP contribution in [0.4, 0.5) is 0 Å². The Kier molecular flexibility index (Phi) is 6.49. The summed E-state index contributed by atoms with van der Waals surface area (Å²) in [4.78, 5) is 13.1. The summed E-state index contributed by atoms with van der Waals surface area (Å²) in [5.74, 6) is -0.321. The molecule has 0 bridgehead atoms. The molecule has 0 spiro atoms. The maximum Gasteiger partial charge on any atom is 0.221 e. The molecule has 0 aromatic rings. The van der Waals surface area contributed by atoms with Crippen molar-refractivity contribution in [1.82, 2.24) is 4.90 Å². The van der Waals surface area contributed by atoms with Crippen molar-refractivity contribution in [1.29, 1.82) is 0 Å². The van der Waals surface area contributed by atoms with Crippen LogP contribution in [0.5, 0.6) is 0 Å². The van der Waals surface area contributed by atoms with E-state index in [1.165, 1.54) is 0 Å². The van der Waals surface area contributed by atoms with Gasteiger partial charge in [0.25, 0.3) is 0 Å². The van der Waals surface area contributed by atoms with Crippen molar-refractivity contribution < 1.29 is 4.79 Å². The second-order valence-electron chi connectivity index (χ2n) is 4.03. The summed E-state index contributed by atoms with van der Waals surface area (Å²) in [5, 5.41) is 0. The molecule has 0 heterocycles. The highest BCUT2D eigenvalue weighted by Crippen LogP contribution is 2.04. The van der Waals surface area contributed by atoms with Gasteiger partial charge >= 0.3 is 0 Å². The van der Waals surface area contributed by atoms with E-state index in [-0.39, 0.29) is 11.8 Å². The molecule has 1 amide bonds. The van der Waals surface area contributed by atoms with Gasteiger partial charge in [-0.25, -0.2) is 0 Å². The van der Waals surface area contributed by atoms with Crippen LogP contribution in [0, 0.1) is 5.92 Å². The summed E-state index contributed by atoms with van der Waals surface area (Å²) >= 11 is 0. The zero-order valence-electron chi connectivity index (χ0n) is 9.49. The summed E-state index contributed by atoms with van der Waals surface area (Å²) in [5.41, 5.74) is 10.7. The number of amides is 1. The molecule has 0 rings (SSSR count). The second kappa shape index (κ2) is 6.79. The van der Waals surface area contributed by atoms with Gasteiger partial charge in [-0.3, -0.25) is 4.79 Å². The quantitative estimate of drug-likeness (QED) is 0.616. The first-order valence-corrected chi connectivity index (χ1v) is 5.22. The Morgan fingerprint density at radius 3 is 2.29 bits per heavy atom. The summed E-state index contributed by atoms with van der Waals surface area (Å²) in [7, 11) is 0. The predicted octanol–water partition coefficient (Wildman–Crippen LogP) is 0.167. The number of hydrogen-bond donors (Lipinski definition) is 2. The molecule has 0 aliphatic carbocycles. The number of nitrogens with zero attached hydrogens (tertiary/aromatic N) is 1. The molecule has 4 N–H and O–H groups in total. The molecular formula is C10H23N3O. The van der Waals surface area contributed by atoms with Gasteiger partial charge in [-0.05, 0) is 33.4 Å². The summed E-state index contributed by atoms with van der Waals surface area (Å²) in [6.07, 6.45) is 0.962. The van der Waals surface area contributed by atoms with Crippen LogP contribution in [0.15, 0.2) is 0 Å². The largest absolute Gasteiger partial charge is 0.369 e. The summed E-state index contributed by atoms with van der Waals surface area (Å²) in [6, 6.07) is 0.434. The Hall–Kier alpha value is -0.610. The minimum Gasteiger partial charge on any atom is -0.369 e. The van der Waals surface area contributed by atoms with Crippen LogP contribution < -0.4 is 11.5 Å². The lowest BCUT2D eigenvalue weighted by Crippen LogP contribution is -2.39. The first kappa shape index (κ1) is 13.4. The molecule has 1 unspecified atom stereocenters. The highest BCUT2D eigenvalue weighted by Gasteiger charge is 2.16. The van der Waals surface area contributed by atoms with E-state index in [1.54, 1.807) is 0 Å². The molecule has 4 nitrogen and oxygen atoms in total. The average molecular weight is 201 g/mol. The zero-order valence-corrected chi connectivity index (χ0v) is 9.49. The van der Waals surface area contributed by atoms with E-state index in [9.17, 15) is 4.79 Å². The monoisotopic (exact) mass is 201 g/mol. The smallest absolute Gasteiger partial charge is 0.221 e. The molecule has 84 valence electrons. The third-order valence-electron chi connectivity index (χ3n) is 2.37. The van der Waals surface area contributed by atoms with Crippen molar-refractivity contribution in [3.63, 3.8) is 0 Å². The van der Waals surface area contributed by atoms with Gasteiger partial charge < -0.3 is 16.4 Å². The van der Waals surface area contributed by atoms with E-state index in [4.69, 9.17) is 11.5 Å². The molecule has 0 aliphatic rings. The molecule has 0 aromatic heterocycles. The van der Waals surface area contributed by atoms with Gasteiger partial charge in [0.2, 0.25) is 5.91 Å². The molecule has 0 saturated carbocycles. The normalized spacial score (nSPS) is 13.6. The maximum atomic E-state index is 10.9. The van der Waals surface area contributed by atoms with E-state index in [2.05, 4.69) is 18.7 Å². The lowest BCUT2D eigenvalue weighted by atomic mass is 10.1. The van der Waals surface area contributed by atoms with Gasteiger partial charge in [-0.1, -0.05) is 6.92 Å². The standard InChI is InChI=1S/C10H23N3O/c1-8(2)13(6-4-5-11)7-9(3)10(12)14/h8-9H,4-7,11H2,1-3H3,(H2,12,14). The molecule has 1 atom stereocenters. The van der Waals surface area contributed by atoms with Gasteiger partial charge in [0, 0.05) is 18.5 Å². The van der Waals surface area contributed by atoms with E-state index in [0.717, 1.165) is 19.5 Å². The third-order valence-corrected chi connectivity index (χ3v) is 2.37. The molecule has 14 heavy (non-hydrogen) atoms. The predicted molar refractivity (Wildman–Crippen MR) is 58.7 cm³/mol. The number of nitrogens with two attached hydrogens (primary N) is 2. The van der Waals surface area contributed by atoms with Crippen molar-refractivity contribution in [2.24, 2.45) is 17.4 Å². The molecule has 0 radical (unpaired) electrons. The van der Waals surface area contributed by atoms with Gasteiger partial charge in [0.1, 0.15) is 0 Å². The Balaban J connectivity index is 4.02. The first-order valence-electron chi connectivity index (χ1n) is 5.22. The molecule has 0 aliphatic heterocycles. The van der Waals surface area contributed by atoms with Gasteiger partial charge in [0.15, 0.2) is 0 Å². The number of rotatable bonds is 7. The average Bonchev–Trinajstić information content (AvgIpc) is 2.10. The highest BCUT2D eigenvalue weighted by atomic mass is 16.1. The molecule has 0 aromatic carbocycles. The van der Waals surface area contributed by atoms with Gasteiger partial charge in [-0.15, -0.1) is 0 Å². The van der Waals surface area contributed by atoms with Crippen LogP contribution >= 0.6 is 0 Å². The van der Waals surface area contributed by atoms with Crippen LogP contribution in [0.1, 0.15) is 27.2 Å². The highest BCUT2D eigenvalue weighted by molar-refractivity contribution is 5.76. The maximum absolute atomic E-state index is 10.9. The summed E-state index contributed by atoms with van der Waals surface area (Å²) in [6.45, 7) is 8.45. The van der Waals surface area contributed by atoms with Crippen LogP contribution in [-0.2, 0) is 4.79 Å². The fourth-order valence-electron chi connectivity index (χ4n) is 1.30. The Bertz CT molecular complexity index is 171. The number of hydrogen-bond acceptors (Lipinski definition) is 3. The number of carbonyl (C=O) groups excluding carboxylic acids is 1. The van der Waals surface area contributed by atoms with Crippen molar-refractivity contribution in [3.8, 4) is 0 Å². The van der Waals surface area contributed by atoms with Crippen LogP contribution in [0.25, 0.3) is 0 Å². The van der Waals surface area contributed by atoms with E-state index in [0.29, 0.717) is 12.6 Å². The van der Waals surface area contributed by atoms with Crippen molar-refractivity contribution in [3.05, 3.63) is 0 Å². The van der Waals surface area contributed by atoms with E-state index in [1.807, 2.05) is 6.92 Å². The fourth-order valence-corrected chi connectivity index (χ4v) is 1.30. The topological polar surface area (TPSA) is 72.3 Å². The zero-order chi connectivity index (χ0) is 11.1. The Morgan fingerprint density at radius 1 is 1.36 bits per heavy atom. The minimum atomic E-state index is -0.233. The Labute approximate surface area is 86.6 Å². The lowest BCUT2D eigenvalue weighted by molar-refractivity contribution is -0.122. The van der Waals surface area contributed by atoms with E-state index < -0.39 is 0 Å². The van der Waals surface area contributed by atoms with Crippen molar-refractivity contribution in [2.75, 3.05) is 19.6 Å². The number of primary amides is 1.